The Balaban J connectivity index is 0.00000432. The van der Waals surface area contributed by atoms with Gasteiger partial charge >= 0.3 is 5.97 Å². The number of hydrogen-bond acceptors (Lipinski definition) is 6. The maximum absolute atomic E-state index is 12.9. The quantitative estimate of drug-likeness (QED) is 0.334. The van der Waals surface area contributed by atoms with Crippen LogP contribution in [0.3, 0.4) is 0 Å². The molecule has 2 aliphatic heterocycles. The van der Waals surface area contributed by atoms with E-state index >= 15 is 0 Å². The molecule has 2 aliphatic rings. The zero-order valence-corrected chi connectivity index (χ0v) is 20.3. The Kier molecular flexibility index (Phi) is 10.7. The fourth-order valence-corrected chi connectivity index (χ4v) is 5.68. The van der Waals surface area contributed by atoms with Gasteiger partial charge in [-0.1, -0.05) is 26.8 Å². The highest BCUT2D eigenvalue weighted by Gasteiger charge is 2.29. The lowest BCUT2D eigenvalue weighted by Gasteiger charge is -2.25. The molecule has 2 heterocycles. The number of amides is 2. The van der Waals surface area contributed by atoms with Crippen LogP contribution in [0.4, 0.5) is 0 Å². The SMILES string of the molecule is C.CCCCS(=O)(=O)N[C@@H](CNC(=O)c1ccc2c(c1)C(=O)N(CCC1CCNCC1)C2)C(=O)O. The van der Waals surface area contributed by atoms with Crippen molar-refractivity contribution in [2.45, 2.75) is 59.0 Å². The molecule has 35 heavy (non-hydrogen) atoms. The van der Waals surface area contributed by atoms with Crippen LogP contribution in [0.2, 0.25) is 0 Å². The predicted octanol–water partition coefficient (Wildman–Crippen LogP) is 1.57. The van der Waals surface area contributed by atoms with Crippen LogP contribution in [0.25, 0.3) is 0 Å². The van der Waals surface area contributed by atoms with Gasteiger partial charge in [-0.05, 0) is 62.4 Å². The number of rotatable bonds is 12. The highest BCUT2D eigenvalue weighted by Crippen LogP contribution is 2.26. The first kappa shape index (κ1) is 28.7. The second kappa shape index (κ2) is 13.0. The fraction of sp³-hybridized carbons (Fsp3) is 0.625. The van der Waals surface area contributed by atoms with Crippen LogP contribution >= 0.6 is 0 Å². The van der Waals surface area contributed by atoms with Crippen molar-refractivity contribution in [1.82, 2.24) is 20.3 Å². The summed E-state index contributed by atoms with van der Waals surface area (Å²) in [6.07, 6.45) is 4.25. The molecule has 0 aromatic heterocycles. The normalized spacial score (nSPS) is 16.9. The number of carbonyl (C=O) groups is 3. The molecule has 1 saturated heterocycles. The van der Waals surface area contributed by atoms with Crippen molar-refractivity contribution in [1.29, 1.82) is 0 Å². The molecule has 0 spiro atoms. The van der Waals surface area contributed by atoms with Crippen LogP contribution in [0, 0.1) is 5.92 Å². The summed E-state index contributed by atoms with van der Waals surface area (Å²) in [5, 5.41) is 15.2. The molecule has 196 valence electrons. The average molecular weight is 511 g/mol. The van der Waals surface area contributed by atoms with E-state index in [-0.39, 0.29) is 24.7 Å². The minimum Gasteiger partial charge on any atom is -0.480 e. The number of unbranched alkanes of at least 4 members (excludes halogenated alkanes) is 1. The lowest BCUT2D eigenvalue weighted by Crippen LogP contribution is -2.48. The van der Waals surface area contributed by atoms with E-state index in [1.54, 1.807) is 17.0 Å². The number of nitrogens with zero attached hydrogens (tertiary/aromatic N) is 1. The number of nitrogens with one attached hydrogen (secondary N) is 3. The summed E-state index contributed by atoms with van der Waals surface area (Å²) in [5.41, 5.74) is 1.57. The minimum absolute atomic E-state index is 0. The largest absolute Gasteiger partial charge is 0.480 e. The number of fused-ring (bicyclic) bond motifs is 1. The van der Waals surface area contributed by atoms with E-state index in [1.807, 2.05) is 6.92 Å². The van der Waals surface area contributed by atoms with Crippen molar-refractivity contribution in [3.63, 3.8) is 0 Å². The van der Waals surface area contributed by atoms with Gasteiger partial charge in [0.05, 0.1) is 5.75 Å². The third-order valence-electron chi connectivity index (χ3n) is 6.37. The molecular formula is C24H38N4O6S. The Morgan fingerprint density at radius 3 is 2.63 bits per heavy atom. The Labute approximate surface area is 207 Å². The second-order valence-corrected chi connectivity index (χ2v) is 10.8. The highest BCUT2D eigenvalue weighted by atomic mass is 32.2. The third-order valence-corrected chi connectivity index (χ3v) is 7.84. The molecule has 1 aromatic carbocycles. The van der Waals surface area contributed by atoms with Gasteiger partial charge in [-0.3, -0.25) is 14.4 Å². The maximum atomic E-state index is 12.9. The summed E-state index contributed by atoms with van der Waals surface area (Å²) in [5.74, 6) is -1.62. The summed E-state index contributed by atoms with van der Waals surface area (Å²) in [7, 11) is -3.77. The fourth-order valence-electron chi connectivity index (χ4n) is 4.28. The van der Waals surface area contributed by atoms with Crippen LogP contribution < -0.4 is 15.4 Å². The summed E-state index contributed by atoms with van der Waals surface area (Å²) < 4.78 is 26.2. The van der Waals surface area contributed by atoms with Gasteiger partial charge in [-0.15, -0.1) is 0 Å². The van der Waals surface area contributed by atoms with Gasteiger partial charge in [0.2, 0.25) is 10.0 Å². The molecule has 3 rings (SSSR count). The Morgan fingerprint density at radius 1 is 1.26 bits per heavy atom. The molecule has 11 heteroatoms. The number of hydrogen-bond donors (Lipinski definition) is 4. The summed E-state index contributed by atoms with van der Waals surface area (Å²) in [6.45, 7) is 4.65. The highest BCUT2D eigenvalue weighted by molar-refractivity contribution is 7.89. The number of carboxylic acids is 1. The smallest absolute Gasteiger partial charge is 0.323 e. The van der Waals surface area contributed by atoms with Crippen molar-refractivity contribution >= 4 is 27.8 Å². The molecule has 1 aromatic rings. The van der Waals surface area contributed by atoms with Crippen LogP contribution in [0.15, 0.2) is 18.2 Å². The molecule has 10 nitrogen and oxygen atoms in total. The summed E-state index contributed by atoms with van der Waals surface area (Å²) >= 11 is 0. The van der Waals surface area contributed by atoms with Gasteiger partial charge in [0.1, 0.15) is 6.04 Å². The lowest BCUT2D eigenvalue weighted by molar-refractivity contribution is -0.138. The molecule has 1 atom stereocenters. The number of carboxylic acid groups (broad SMARTS) is 1. The number of aliphatic carboxylic acids is 1. The van der Waals surface area contributed by atoms with Crippen LogP contribution in [-0.4, -0.2) is 74.2 Å². The molecule has 1 fully saturated rings. The van der Waals surface area contributed by atoms with Gasteiger partial charge in [0.15, 0.2) is 0 Å². The van der Waals surface area contributed by atoms with Crippen molar-refractivity contribution in [2.24, 2.45) is 5.92 Å². The average Bonchev–Trinajstić information content (AvgIpc) is 3.14. The lowest BCUT2D eigenvalue weighted by atomic mass is 9.94. The van der Waals surface area contributed by atoms with E-state index in [0.717, 1.165) is 37.9 Å². The zero-order valence-electron chi connectivity index (χ0n) is 19.5. The van der Waals surface area contributed by atoms with Gasteiger partial charge in [0.25, 0.3) is 11.8 Å². The van der Waals surface area contributed by atoms with Crippen molar-refractivity contribution in [3.05, 3.63) is 34.9 Å². The van der Waals surface area contributed by atoms with E-state index < -0.39 is 34.5 Å². The van der Waals surface area contributed by atoms with Gasteiger partial charge in [0, 0.05) is 30.8 Å². The van der Waals surface area contributed by atoms with E-state index in [0.29, 0.717) is 37.4 Å². The number of benzene rings is 1. The molecule has 0 radical (unpaired) electrons. The minimum atomic E-state index is -3.77. The van der Waals surface area contributed by atoms with Crippen LogP contribution in [-0.2, 0) is 21.4 Å². The van der Waals surface area contributed by atoms with Crippen molar-refractivity contribution in [2.75, 3.05) is 31.9 Å². The summed E-state index contributed by atoms with van der Waals surface area (Å²) in [4.78, 5) is 38.8. The Morgan fingerprint density at radius 2 is 1.97 bits per heavy atom. The first-order valence-corrected chi connectivity index (χ1v) is 13.5. The molecule has 0 bridgehead atoms. The van der Waals surface area contributed by atoms with Crippen LogP contribution in [0.1, 0.15) is 72.7 Å². The second-order valence-electron chi connectivity index (χ2n) is 8.97. The molecule has 2 amide bonds. The molecule has 0 saturated carbocycles. The number of carbonyl (C=O) groups excluding carboxylic acids is 2. The van der Waals surface area contributed by atoms with E-state index in [1.165, 1.54) is 6.07 Å². The van der Waals surface area contributed by atoms with Crippen LogP contribution in [0.5, 0.6) is 0 Å². The third kappa shape index (κ3) is 8.01. The van der Waals surface area contributed by atoms with Gasteiger partial charge in [-0.25, -0.2) is 8.42 Å². The van der Waals surface area contributed by atoms with Gasteiger partial charge < -0.3 is 20.6 Å². The standard InChI is InChI=1S/C23H34N4O6S.CH4/c1-2-3-12-34(32,33)26-20(23(30)31)14-25-21(28)17-4-5-18-15-27(22(29)19(18)13-17)11-8-16-6-9-24-10-7-16;/h4-5,13,16,20,24,26H,2-3,6-12,14-15H2,1H3,(H,25,28)(H,30,31);1H4/t20-;/m0./s1. The van der Waals surface area contributed by atoms with E-state index in [4.69, 9.17) is 0 Å². The molecule has 0 unspecified atom stereocenters. The summed E-state index contributed by atoms with van der Waals surface area (Å²) in [6, 6.07) is 3.39. The van der Waals surface area contributed by atoms with E-state index in [2.05, 4.69) is 15.4 Å². The molecular weight excluding hydrogens is 472 g/mol. The van der Waals surface area contributed by atoms with Gasteiger partial charge in [-0.2, -0.15) is 4.72 Å². The van der Waals surface area contributed by atoms with Crippen molar-refractivity contribution < 1.29 is 27.9 Å². The Bertz CT molecular complexity index is 1010. The monoisotopic (exact) mass is 510 g/mol. The van der Waals surface area contributed by atoms with Crippen molar-refractivity contribution in [3.8, 4) is 0 Å². The number of piperidine rings is 1. The Hall–Kier alpha value is -2.50. The predicted molar refractivity (Wildman–Crippen MR) is 134 cm³/mol. The van der Waals surface area contributed by atoms with E-state index in [9.17, 15) is 27.9 Å². The molecule has 0 aliphatic carbocycles. The zero-order chi connectivity index (χ0) is 24.7. The first-order chi connectivity index (χ1) is 16.2. The molecule has 4 N–H and O–H groups in total. The topological polar surface area (TPSA) is 145 Å². The number of sulfonamides is 1. The maximum Gasteiger partial charge on any atom is 0.323 e. The first-order valence-electron chi connectivity index (χ1n) is 11.8.